The Balaban J connectivity index is 2.15. The van der Waals surface area contributed by atoms with Gasteiger partial charge in [-0.3, -0.25) is 0 Å². The topological polar surface area (TPSA) is 47.3 Å². The Morgan fingerprint density at radius 1 is 0.947 bits per heavy atom. The second kappa shape index (κ2) is 4.24. The Bertz CT molecular complexity index is 827. The SMILES string of the molecule is CS(=O)(=O)c1ccc(-c2cccc3occc23)cc1. The van der Waals surface area contributed by atoms with E-state index in [4.69, 9.17) is 4.42 Å². The van der Waals surface area contributed by atoms with Crippen molar-refractivity contribution < 1.29 is 12.8 Å². The summed E-state index contributed by atoms with van der Waals surface area (Å²) in [6.45, 7) is 0. The zero-order valence-corrected chi connectivity index (χ0v) is 11.1. The average molecular weight is 272 g/mol. The van der Waals surface area contributed by atoms with E-state index in [1.54, 1.807) is 18.4 Å². The van der Waals surface area contributed by atoms with Crippen molar-refractivity contribution >= 4 is 20.8 Å². The van der Waals surface area contributed by atoms with Crippen LogP contribution in [-0.4, -0.2) is 14.7 Å². The predicted octanol–water partition coefficient (Wildman–Crippen LogP) is 3.50. The molecule has 0 aliphatic rings. The highest BCUT2D eigenvalue weighted by atomic mass is 32.2. The second-order valence-electron chi connectivity index (χ2n) is 4.43. The lowest BCUT2D eigenvalue weighted by Crippen LogP contribution is -1.96. The summed E-state index contributed by atoms with van der Waals surface area (Å²) in [5, 5.41) is 1.02. The molecule has 0 unspecified atom stereocenters. The van der Waals surface area contributed by atoms with Crippen LogP contribution in [0.5, 0.6) is 0 Å². The highest BCUT2D eigenvalue weighted by molar-refractivity contribution is 7.90. The zero-order valence-electron chi connectivity index (χ0n) is 10.3. The van der Waals surface area contributed by atoms with Crippen LogP contribution in [0.3, 0.4) is 0 Å². The van der Waals surface area contributed by atoms with Crippen LogP contribution in [0.25, 0.3) is 22.1 Å². The van der Waals surface area contributed by atoms with E-state index < -0.39 is 9.84 Å². The van der Waals surface area contributed by atoms with Crippen LogP contribution in [-0.2, 0) is 9.84 Å². The quantitative estimate of drug-likeness (QED) is 0.717. The third-order valence-corrected chi connectivity index (χ3v) is 4.22. The summed E-state index contributed by atoms with van der Waals surface area (Å²) in [6, 6.07) is 14.6. The van der Waals surface area contributed by atoms with Gasteiger partial charge in [0.2, 0.25) is 0 Å². The summed E-state index contributed by atoms with van der Waals surface area (Å²) in [7, 11) is -3.15. The van der Waals surface area contributed by atoms with Gasteiger partial charge in [-0.15, -0.1) is 0 Å². The number of rotatable bonds is 2. The zero-order chi connectivity index (χ0) is 13.5. The maximum atomic E-state index is 11.4. The lowest BCUT2D eigenvalue weighted by molar-refractivity contribution is 0.602. The summed E-state index contributed by atoms with van der Waals surface area (Å²) < 4.78 is 28.2. The molecule has 0 aliphatic carbocycles. The molecule has 19 heavy (non-hydrogen) atoms. The fourth-order valence-corrected chi connectivity index (χ4v) is 2.76. The van der Waals surface area contributed by atoms with Crippen molar-refractivity contribution in [3.8, 4) is 11.1 Å². The van der Waals surface area contributed by atoms with Gasteiger partial charge in [0.25, 0.3) is 0 Å². The van der Waals surface area contributed by atoms with Crippen LogP contribution < -0.4 is 0 Å². The van der Waals surface area contributed by atoms with Gasteiger partial charge in [0.05, 0.1) is 11.2 Å². The Morgan fingerprint density at radius 3 is 2.37 bits per heavy atom. The molecule has 1 aromatic heterocycles. The molecule has 0 spiro atoms. The molecular weight excluding hydrogens is 260 g/mol. The molecule has 0 fully saturated rings. The Labute approximate surface area is 111 Å². The molecule has 3 nitrogen and oxygen atoms in total. The van der Waals surface area contributed by atoms with Gasteiger partial charge >= 0.3 is 0 Å². The first kappa shape index (κ1) is 12.0. The lowest BCUT2D eigenvalue weighted by atomic mass is 10.0. The van der Waals surface area contributed by atoms with E-state index >= 15 is 0 Å². The van der Waals surface area contributed by atoms with Gasteiger partial charge < -0.3 is 4.42 Å². The minimum atomic E-state index is -3.15. The third-order valence-electron chi connectivity index (χ3n) is 3.09. The molecule has 1 heterocycles. The number of hydrogen-bond acceptors (Lipinski definition) is 3. The first-order chi connectivity index (χ1) is 9.05. The Kier molecular flexibility index (Phi) is 2.68. The molecule has 0 radical (unpaired) electrons. The van der Waals surface area contributed by atoms with E-state index in [9.17, 15) is 8.42 Å². The summed E-state index contributed by atoms with van der Waals surface area (Å²) in [5.41, 5.74) is 2.83. The number of furan rings is 1. The monoisotopic (exact) mass is 272 g/mol. The summed E-state index contributed by atoms with van der Waals surface area (Å²) in [5.74, 6) is 0. The second-order valence-corrected chi connectivity index (χ2v) is 6.45. The first-order valence-electron chi connectivity index (χ1n) is 5.82. The van der Waals surface area contributed by atoms with Crippen molar-refractivity contribution in [1.29, 1.82) is 0 Å². The van der Waals surface area contributed by atoms with Gasteiger partial charge in [-0.2, -0.15) is 0 Å². The lowest BCUT2D eigenvalue weighted by Gasteiger charge is -2.04. The van der Waals surface area contributed by atoms with E-state index in [2.05, 4.69) is 0 Å². The Hall–Kier alpha value is -2.07. The van der Waals surface area contributed by atoms with Crippen LogP contribution in [0.15, 0.2) is 64.1 Å². The number of fused-ring (bicyclic) bond motifs is 1. The smallest absolute Gasteiger partial charge is 0.175 e. The highest BCUT2D eigenvalue weighted by Crippen LogP contribution is 2.29. The predicted molar refractivity (Wildman–Crippen MR) is 74.8 cm³/mol. The van der Waals surface area contributed by atoms with Gasteiger partial charge in [0.1, 0.15) is 5.58 Å². The van der Waals surface area contributed by atoms with Gasteiger partial charge in [-0.1, -0.05) is 24.3 Å². The van der Waals surface area contributed by atoms with Gasteiger partial charge in [0.15, 0.2) is 9.84 Å². The maximum Gasteiger partial charge on any atom is 0.175 e. The molecule has 2 aromatic carbocycles. The molecule has 0 saturated heterocycles. The van der Waals surface area contributed by atoms with Crippen molar-refractivity contribution in [2.45, 2.75) is 4.90 Å². The van der Waals surface area contributed by atoms with Crippen LogP contribution in [0, 0.1) is 0 Å². The van der Waals surface area contributed by atoms with Crippen molar-refractivity contribution in [2.75, 3.05) is 6.26 Å². The minimum Gasteiger partial charge on any atom is -0.464 e. The largest absolute Gasteiger partial charge is 0.464 e. The fraction of sp³-hybridized carbons (Fsp3) is 0.0667. The molecule has 0 aliphatic heterocycles. The molecule has 0 bridgehead atoms. The van der Waals surface area contributed by atoms with Crippen LogP contribution >= 0.6 is 0 Å². The maximum absolute atomic E-state index is 11.4. The normalized spacial score (nSPS) is 11.8. The molecule has 0 saturated carbocycles. The van der Waals surface area contributed by atoms with E-state index in [-0.39, 0.29) is 0 Å². The average Bonchev–Trinajstić information content (AvgIpc) is 2.86. The van der Waals surface area contributed by atoms with E-state index in [1.807, 2.05) is 36.4 Å². The van der Waals surface area contributed by atoms with Crippen molar-refractivity contribution in [3.63, 3.8) is 0 Å². The molecule has 0 atom stereocenters. The van der Waals surface area contributed by atoms with Crippen molar-refractivity contribution in [2.24, 2.45) is 0 Å². The molecule has 4 heteroatoms. The molecule has 0 N–H and O–H groups in total. The summed E-state index contributed by atoms with van der Waals surface area (Å²) in [4.78, 5) is 0.329. The van der Waals surface area contributed by atoms with Crippen LogP contribution in [0.4, 0.5) is 0 Å². The van der Waals surface area contributed by atoms with E-state index in [1.165, 1.54) is 6.26 Å². The van der Waals surface area contributed by atoms with Crippen molar-refractivity contribution in [3.05, 3.63) is 54.8 Å². The first-order valence-corrected chi connectivity index (χ1v) is 7.71. The fourth-order valence-electron chi connectivity index (χ4n) is 2.13. The number of benzene rings is 2. The third kappa shape index (κ3) is 2.15. The molecule has 0 amide bonds. The highest BCUT2D eigenvalue weighted by Gasteiger charge is 2.09. The molecule has 3 aromatic rings. The summed E-state index contributed by atoms with van der Waals surface area (Å²) >= 11 is 0. The van der Waals surface area contributed by atoms with Crippen LogP contribution in [0.1, 0.15) is 0 Å². The van der Waals surface area contributed by atoms with Gasteiger partial charge in [-0.05, 0) is 35.4 Å². The standard InChI is InChI=1S/C15H12O3S/c1-19(16,17)12-7-5-11(6-8-12)13-3-2-4-15-14(13)9-10-18-15/h2-10H,1H3. The van der Waals surface area contributed by atoms with Crippen LogP contribution in [0.2, 0.25) is 0 Å². The van der Waals surface area contributed by atoms with Gasteiger partial charge in [0, 0.05) is 11.6 Å². The molecule has 96 valence electrons. The number of sulfone groups is 1. The molecular formula is C15H12O3S. The van der Waals surface area contributed by atoms with Crippen molar-refractivity contribution in [1.82, 2.24) is 0 Å². The molecule has 3 rings (SSSR count). The summed E-state index contributed by atoms with van der Waals surface area (Å²) in [6.07, 6.45) is 2.86. The Morgan fingerprint density at radius 2 is 1.68 bits per heavy atom. The van der Waals surface area contributed by atoms with E-state index in [0.29, 0.717) is 4.90 Å². The van der Waals surface area contributed by atoms with E-state index in [0.717, 1.165) is 22.1 Å². The minimum absolute atomic E-state index is 0.329. The number of hydrogen-bond donors (Lipinski definition) is 0. The van der Waals surface area contributed by atoms with Gasteiger partial charge in [-0.25, -0.2) is 8.42 Å².